The molecule has 3 nitrogen and oxygen atoms in total. The summed E-state index contributed by atoms with van der Waals surface area (Å²) in [5.74, 6) is -4.08. The average Bonchev–Trinajstić information content (AvgIpc) is 2.42. The number of carbonyl (C=O) groups is 1. The van der Waals surface area contributed by atoms with Crippen LogP contribution in [0.1, 0.15) is 18.4 Å². The summed E-state index contributed by atoms with van der Waals surface area (Å²) in [6.07, 6.45) is 0.462. The minimum atomic E-state index is -2.93. The van der Waals surface area contributed by atoms with E-state index in [0.717, 1.165) is 13.2 Å². The maximum Gasteiger partial charge on any atom is 0.316 e. The van der Waals surface area contributed by atoms with Crippen molar-refractivity contribution in [2.75, 3.05) is 19.3 Å². The highest BCUT2D eigenvalue weighted by atomic mass is 32.2. The molecule has 0 aliphatic heterocycles. The van der Waals surface area contributed by atoms with Crippen LogP contribution in [0, 0.1) is 5.82 Å². The zero-order valence-corrected chi connectivity index (χ0v) is 12.4. The molecule has 0 N–H and O–H groups in total. The number of carbonyl (C=O) groups excluding carboxylic acids is 1. The van der Waals surface area contributed by atoms with Crippen molar-refractivity contribution in [3.63, 3.8) is 0 Å². The predicted molar refractivity (Wildman–Crippen MR) is 73.3 cm³/mol. The monoisotopic (exact) mass is 320 g/mol. The number of benzene rings is 1. The van der Waals surface area contributed by atoms with E-state index in [1.807, 2.05) is 0 Å². The molecule has 1 aliphatic rings. The van der Waals surface area contributed by atoms with E-state index >= 15 is 0 Å². The summed E-state index contributed by atoms with van der Waals surface area (Å²) in [4.78, 5) is 11.9. The van der Waals surface area contributed by atoms with Crippen molar-refractivity contribution in [2.45, 2.75) is 24.2 Å². The summed E-state index contributed by atoms with van der Waals surface area (Å²) in [6, 6.07) is 3.86. The molecule has 0 bridgehead atoms. The van der Waals surface area contributed by atoms with Crippen LogP contribution in [0.2, 0.25) is 0 Å². The standard InChI is InChI=1S/C14H15F3O3S/c1-19-12(18)13(6-14(16,17)7-13)9-3-4-11(10(15)5-9)20-8-21-2/h3-5H,6-8H2,1-2H3. The van der Waals surface area contributed by atoms with Gasteiger partial charge in [-0.3, -0.25) is 4.79 Å². The van der Waals surface area contributed by atoms with E-state index in [-0.39, 0.29) is 17.3 Å². The fraction of sp³-hybridized carbons (Fsp3) is 0.500. The van der Waals surface area contributed by atoms with Gasteiger partial charge < -0.3 is 9.47 Å². The third-order valence-electron chi connectivity index (χ3n) is 3.51. The molecule has 0 radical (unpaired) electrons. The molecule has 0 saturated heterocycles. The Bertz CT molecular complexity index is 540. The van der Waals surface area contributed by atoms with Gasteiger partial charge in [0.1, 0.15) is 11.4 Å². The van der Waals surface area contributed by atoms with Gasteiger partial charge in [-0.2, -0.15) is 0 Å². The zero-order valence-electron chi connectivity index (χ0n) is 11.6. The molecule has 1 saturated carbocycles. The van der Waals surface area contributed by atoms with Crippen molar-refractivity contribution in [2.24, 2.45) is 0 Å². The van der Waals surface area contributed by atoms with E-state index < -0.39 is 36.0 Å². The van der Waals surface area contributed by atoms with Gasteiger partial charge in [-0.05, 0) is 24.0 Å². The normalized spacial score (nSPS) is 18.7. The van der Waals surface area contributed by atoms with E-state index in [2.05, 4.69) is 4.74 Å². The highest BCUT2D eigenvalue weighted by Crippen LogP contribution is 2.54. The van der Waals surface area contributed by atoms with Gasteiger partial charge in [0.05, 0.1) is 7.11 Å². The van der Waals surface area contributed by atoms with Gasteiger partial charge in [0.25, 0.3) is 5.92 Å². The first-order chi connectivity index (χ1) is 9.84. The number of alkyl halides is 2. The average molecular weight is 320 g/mol. The van der Waals surface area contributed by atoms with Crippen LogP contribution in [0.3, 0.4) is 0 Å². The molecular formula is C14H15F3O3S. The highest BCUT2D eigenvalue weighted by molar-refractivity contribution is 7.98. The Labute approximate surface area is 124 Å². The van der Waals surface area contributed by atoms with Gasteiger partial charge in [0, 0.05) is 12.8 Å². The van der Waals surface area contributed by atoms with Crippen LogP contribution >= 0.6 is 11.8 Å². The first-order valence-corrected chi connectivity index (χ1v) is 7.62. The Morgan fingerprint density at radius 3 is 2.52 bits per heavy atom. The van der Waals surface area contributed by atoms with Crippen molar-refractivity contribution >= 4 is 17.7 Å². The molecule has 0 aromatic heterocycles. The Kier molecular flexibility index (Phi) is 4.41. The number of methoxy groups -OCH3 is 1. The van der Waals surface area contributed by atoms with Crippen molar-refractivity contribution < 1.29 is 27.4 Å². The summed E-state index contributed by atoms with van der Waals surface area (Å²) in [7, 11) is 1.13. The Morgan fingerprint density at radius 2 is 2.05 bits per heavy atom. The van der Waals surface area contributed by atoms with Crippen LogP contribution in [0.4, 0.5) is 13.2 Å². The van der Waals surface area contributed by atoms with Gasteiger partial charge >= 0.3 is 5.97 Å². The Morgan fingerprint density at radius 1 is 1.38 bits per heavy atom. The molecule has 21 heavy (non-hydrogen) atoms. The first kappa shape index (κ1) is 16.0. The maximum absolute atomic E-state index is 14.0. The second kappa shape index (κ2) is 5.79. The van der Waals surface area contributed by atoms with Gasteiger partial charge in [0.2, 0.25) is 0 Å². The number of hydrogen-bond acceptors (Lipinski definition) is 4. The van der Waals surface area contributed by atoms with Gasteiger partial charge in [-0.25, -0.2) is 13.2 Å². The predicted octanol–water partition coefficient (Wildman–Crippen LogP) is 3.36. The summed E-state index contributed by atoms with van der Waals surface area (Å²) < 4.78 is 50.2. The van der Waals surface area contributed by atoms with Gasteiger partial charge in [0.15, 0.2) is 11.6 Å². The Hall–Kier alpha value is -1.37. The minimum absolute atomic E-state index is 0.0270. The largest absolute Gasteiger partial charge is 0.480 e. The van der Waals surface area contributed by atoms with E-state index in [1.54, 1.807) is 6.26 Å². The number of esters is 1. The summed E-state index contributed by atoms with van der Waals surface area (Å²) >= 11 is 1.38. The fourth-order valence-electron chi connectivity index (χ4n) is 2.53. The van der Waals surface area contributed by atoms with E-state index in [9.17, 15) is 18.0 Å². The molecule has 1 fully saturated rings. The van der Waals surface area contributed by atoms with Crippen LogP contribution in [-0.2, 0) is 14.9 Å². The van der Waals surface area contributed by atoms with Crippen LogP contribution in [0.15, 0.2) is 18.2 Å². The second-order valence-corrected chi connectivity index (χ2v) is 5.79. The third-order valence-corrected chi connectivity index (χ3v) is 3.87. The van der Waals surface area contributed by atoms with E-state index in [1.165, 1.54) is 23.9 Å². The first-order valence-electron chi connectivity index (χ1n) is 6.23. The summed E-state index contributed by atoms with van der Waals surface area (Å²) in [5.41, 5.74) is -1.29. The lowest BCUT2D eigenvalue weighted by atomic mass is 9.62. The molecule has 1 aliphatic carbocycles. The molecule has 1 aromatic rings. The summed E-state index contributed by atoms with van der Waals surface area (Å²) in [6.45, 7) is 0. The topological polar surface area (TPSA) is 35.5 Å². The molecule has 0 heterocycles. The maximum atomic E-state index is 14.0. The minimum Gasteiger partial charge on any atom is -0.480 e. The van der Waals surface area contributed by atoms with Gasteiger partial charge in [-0.15, -0.1) is 11.8 Å². The molecule has 0 atom stereocenters. The van der Waals surface area contributed by atoms with Crippen LogP contribution in [0.5, 0.6) is 5.75 Å². The molecule has 0 spiro atoms. The van der Waals surface area contributed by atoms with Gasteiger partial charge in [-0.1, -0.05) is 6.07 Å². The lowest BCUT2D eigenvalue weighted by Gasteiger charge is -2.45. The SMILES string of the molecule is COC(=O)C1(c2ccc(OCSC)c(F)c2)CC(F)(F)C1. The molecule has 7 heteroatoms. The Balaban J connectivity index is 2.30. The zero-order chi connectivity index (χ0) is 15.7. The van der Waals surface area contributed by atoms with Crippen LogP contribution in [-0.4, -0.2) is 31.2 Å². The highest BCUT2D eigenvalue weighted by Gasteiger charge is 2.62. The quantitative estimate of drug-likeness (QED) is 0.615. The van der Waals surface area contributed by atoms with E-state index in [0.29, 0.717) is 0 Å². The van der Waals surface area contributed by atoms with Crippen molar-refractivity contribution in [3.8, 4) is 5.75 Å². The molecule has 2 rings (SSSR count). The van der Waals surface area contributed by atoms with Crippen LogP contribution in [0.25, 0.3) is 0 Å². The van der Waals surface area contributed by atoms with Crippen molar-refractivity contribution in [3.05, 3.63) is 29.6 Å². The molecule has 116 valence electrons. The molecular weight excluding hydrogens is 305 g/mol. The number of thioether (sulfide) groups is 1. The number of ether oxygens (including phenoxy) is 2. The van der Waals surface area contributed by atoms with Crippen molar-refractivity contribution in [1.82, 2.24) is 0 Å². The van der Waals surface area contributed by atoms with Crippen LogP contribution < -0.4 is 4.74 Å². The smallest absolute Gasteiger partial charge is 0.316 e. The lowest BCUT2D eigenvalue weighted by Crippen LogP contribution is -2.54. The fourth-order valence-corrected chi connectivity index (χ4v) is 2.78. The number of rotatable bonds is 5. The van der Waals surface area contributed by atoms with E-state index in [4.69, 9.17) is 4.74 Å². The second-order valence-electron chi connectivity index (χ2n) is 4.98. The molecule has 0 amide bonds. The van der Waals surface area contributed by atoms with Crippen molar-refractivity contribution in [1.29, 1.82) is 0 Å². The third kappa shape index (κ3) is 2.97. The number of halogens is 3. The lowest BCUT2D eigenvalue weighted by molar-refractivity contribution is -0.177. The molecule has 1 aromatic carbocycles. The molecule has 0 unspecified atom stereocenters. The number of hydrogen-bond donors (Lipinski definition) is 0. The summed E-state index contributed by atoms with van der Waals surface area (Å²) in [5, 5.41) is 0.